The number of rotatable bonds is 8. The first kappa shape index (κ1) is 19.9. The minimum atomic E-state index is 0. The van der Waals surface area contributed by atoms with Crippen LogP contribution >= 0.6 is 0 Å². The standard InChI is InChI=1S/C21H23NO3.ClH/c1-16-5-3-6-18(11-16)15-25-20-9-8-17(12-21(20)23-2)13-22-14-19-7-4-10-24-19;/h3-12,22H,13-15H2,1-2H3;1H/p-1. The van der Waals surface area contributed by atoms with Crippen LogP contribution in [0.5, 0.6) is 11.5 Å². The third kappa shape index (κ3) is 5.55. The highest BCUT2D eigenvalue weighted by Crippen LogP contribution is 2.29. The Bertz CT molecular complexity index is 803. The molecule has 3 rings (SSSR count). The summed E-state index contributed by atoms with van der Waals surface area (Å²) in [4.78, 5) is 0. The average molecular weight is 373 g/mol. The summed E-state index contributed by atoms with van der Waals surface area (Å²) in [7, 11) is 1.66. The molecule has 26 heavy (non-hydrogen) atoms. The molecule has 0 saturated heterocycles. The highest BCUT2D eigenvalue weighted by Gasteiger charge is 2.07. The van der Waals surface area contributed by atoms with Gasteiger partial charge in [0.05, 0.1) is 19.9 Å². The molecule has 0 atom stereocenters. The molecule has 1 heterocycles. The lowest BCUT2D eigenvalue weighted by atomic mass is 10.1. The van der Waals surface area contributed by atoms with Crippen molar-refractivity contribution in [1.82, 2.24) is 5.32 Å². The monoisotopic (exact) mass is 372 g/mol. The maximum atomic E-state index is 5.93. The summed E-state index contributed by atoms with van der Waals surface area (Å²) in [6.45, 7) is 4.03. The molecule has 0 aliphatic heterocycles. The number of halogens is 1. The van der Waals surface area contributed by atoms with Crippen LogP contribution in [0.15, 0.2) is 65.3 Å². The zero-order chi connectivity index (χ0) is 17.5. The Morgan fingerprint density at radius 3 is 2.54 bits per heavy atom. The maximum Gasteiger partial charge on any atom is 0.161 e. The topological polar surface area (TPSA) is 43.6 Å². The summed E-state index contributed by atoms with van der Waals surface area (Å²) in [6, 6.07) is 18.2. The fraction of sp³-hybridized carbons (Fsp3) is 0.238. The molecule has 0 fully saturated rings. The van der Waals surface area contributed by atoms with E-state index in [0.717, 1.165) is 34.9 Å². The number of methoxy groups -OCH3 is 1. The van der Waals surface area contributed by atoms with Crippen molar-refractivity contribution in [3.8, 4) is 11.5 Å². The predicted octanol–water partition coefficient (Wildman–Crippen LogP) is 1.47. The molecule has 0 aliphatic carbocycles. The number of furan rings is 1. The predicted molar refractivity (Wildman–Crippen MR) is 97.8 cm³/mol. The van der Waals surface area contributed by atoms with Crippen LogP contribution in [0.25, 0.3) is 0 Å². The van der Waals surface area contributed by atoms with Gasteiger partial charge in [0.15, 0.2) is 11.5 Å². The van der Waals surface area contributed by atoms with Crippen LogP contribution in [-0.4, -0.2) is 7.11 Å². The SMILES string of the molecule is COc1cc(CNCc2ccco2)ccc1OCc1cccc(C)c1.[Cl-]. The van der Waals surface area contributed by atoms with Crippen LogP contribution in [-0.2, 0) is 19.7 Å². The molecule has 2 aromatic carbocycles. The van der Waals surface area contributed by atoms with Crippen molar-refractivity contribution in [3.63, 3.8) is 0 Å². The van der Waals surface area contributed by atoms with E-state index in [9.17, 15) is 0 Å². The zero-order valence-corrected chi connectivity index (χ0v) is 15.8. The van der Waals surface area contributed by atoms with E-state index in [1.165, 1.54) is 5.56 Å². The van der Waals surface area contributed by atoms with Crippen molar-refractivity contribution in [1.29, 1.82) is 0 Å². The molecule has 5 heteroatoms. The summed E-state index contributed by atoms with van der Waals surface area (Å²) >= 11 is 0. The van der Waals surface area contributed by atoms with Gasteiger partial charge in [-0.15, -0.1) is 0 Å². The summed E-state index contributed by atoms with van der Waals surface area (Å²) in [5.74, 6) is 2.41. The molecule has 4 nitrogen and oxygen atoms in total. The van der Waals surface area contributed by atoms with Crippen LogP contribution in [0.2, 0.25) is 0 Å². The van der Waals surface area contributed by atoms with Crippen molar-refractivity contribution < 1.29 is 26.3 Å². The average Bonchev–Trinajstić information content (AvgIpc) is 3.14. The summed E-state index contributed by atoms with van der Waals surface area (Å²) < 4.78 is 16.7. The van der Waals surface area contributed by atoms with E-state index in [4.69, 9.17) is 13.9 Å². The zero-order valence-electron chi connectivity index (χ0n) is 15.0. The molecular weight excluding hydrogens is 350 g/mol. The van der Waals surface area contributed by atoms with Gasteiger partial charge in [-0.3, -0.25) is 0 Å². The molecule has 0 bridgehead atoms. The lowest BCUT2D eigenvalue weighted by molar-refractivity contribution is -0.00000624. The number of hydrogen-bond acceptors (Lipinski definition) is 4. The number of aryl methyl sites for hydroxylation is 1. The molecule has 3 aromatic rings. The number of hydrogen-bond donors (Lipinski definition) is 1. The number of benzene rings is 2. The van der Waals surface area contributed by atoms with Gasteiger partial charge >= 0.3 is 0 Å². The Morgan fingerprint density at radius 2 is 1.81 bits per heavy atom. The second-order valence-corrected chi connectivity index (χ2v) is 5.95. The Kier molecular flexibility index (Phi) is 7.57. The first-order chi connectivity index (χ1) is 12.2. The normalized spacial score (nSPS) is 10.2. The number of nitrogens with one attached hydrogen (secondary N) is 1. The third-order valence-electron chi connectivity index (χ3n) is 3.91. The smallest absolute Gasteiger partial charge is 0.161 e. The van der Waals surface area contributed by atoms with E-state index < -0.39 is 0 Å². The Morgan fingerprint density at radius 1 is 0.923 bits per heavy atom. The van der Waals surface area contributed by atoms with Crippen LogP contribution in [0.4, 0.5) is 0 Å². The summed E-state index contributed by atoms with van der Waals surface area (Å²) in [5, 5.41) is 3.35. The molecule has 0 amide bonds. The van der Waals surface area contributed by atoms with Crippen LogP contribution < -0.4 is 27.2 Å². The van der Waals surface area contributed by atoms with Crippen molar-refractivity contribution >= 4 is 0 Å². The van der Waals surface area contributed by atoms with E-state index in [1.807, 2.05) is 36.4 Å². The van der Waals surface area contributed by atoms with Crippen molar-refractivity contribution in [2.24, 2.45) is 0 Å². The lowest BCUT2D eigenvalue weighted by Crippen LogP contribution is -3.00. The molecule has 1 N–H and O–H groups in total. The van der Waals surface area contributed by atoms with Crippen LogP contribution in [0.3, 0.4) is 0 Å². The molecule has 0 spiro atoms. The van der Waals surface area contributed by atoms with E-state index in [-0.39, 0.29) is 12.4 Å². The van der Waals surface area contributed by atoms with Gasteiger partial charge in [0.1, 0.15) is 12.4 Å². The Labute approximate surface area is 160 Å². The molecule has 0 aliphatic rings. The van der Waals surface area contributed by atoms with Gasteiger partial charge in [-0.1, -0.05) is 35.9 Å². The largest absolute Gasteiger partial charge is 1.00 e. The molecule has 0 saturated carbocycles. The molecular formula is C21H23ClNO3-. The van der Waals surface area contributed by atoms with Crippen LogP contribution in [0.1, 0.15) is 22.5 Å². The Balaban J connectivity index is 0.00000243. The molecule has 0 radical (unpaired) electrons. The first-order valence-corrected chi connectivity index (χ1v) is 8.33. The van der Waals surface area contributed by atoms with E-state index in [2.05, 4.69) is 30.4 Å². The maximum absolute atomic E-state index is 5.93. The van der Waals surface area contributed by atoms with Gasteiger partial charge in [-0.2, -0.15) is 0 Å². The van der Waals surface area contributed by atoms with Gasteiger partial charge in [0.25, 0.3) is 0 Å². The van der Waals surface area contributed by atoms with Gasteiger partial charge < -0.3 is 31.6 Å². The van der Waals surface area contributed by atoms with E-state index in [0.29, 0.717) is 13.2 Å². The molecule has 138 valence electrons. The second-order valence-electron chi connectivity index (χ2n) is 5.95. The van der Waals surface area contributed by atoms with Crippen molar-refractivity contribution in [3.05, 3.63) is 83.3 Å². The second kappa shape index (κ2) is 9.90. The van der Waals surface area contributed by atoms with E-state index >= 15 is 0 Å². The quantitative estimate of drug-likeness (QED) is 0.650. The molecule has 0 unspecified atom stereocenters. The minimum absolute atomic E-state index is 0. The fourth-order valence-corrected chi connectivity index (χ4v) is 2.65. The van der Waals surface area contributed by atoms with Crippen LogP contribution in [0, 0.1) is 6.92 Å². The third-order valence-corrected chi connectivity index (χ3v) is 3.91. The van der Waals surface area contributed by atoms with Gasteiger partial charge in [-0.05, 0) is 42.3 Å². The summed E-state index contributed by atoms with van der Waals surface area (Å²) in [5.41, 5.74) is 3.50. The van der Waals surface area contributed by atoms with Gasteiger partial charge in [0, 0.05) is 6.54 Å². The number of ether oxygens (including phenoxy) is 2. The summed E-state index contributed by atoms with van der Waals surface area (Å²) in [6.07, 6.45) is 1.68. The van der Waals surface area contributed by atoms with Gasteiger partial charge in [0.2, 0.25) is 0 Å². The van der Waals surface area contributed by atoms with E-state index in [1.54, 1.807) is 13.4 Å². The highest BCUT2D eigenvalue weighted by molar-refractivity contribution is 5.43. The Hall–Kier alpha value is -2.43. The van der Waals surface area contributed by atoms with Crippen molar-refractivity contribution in [2.45, 2.75) is 26.6 Å². The lowest BCUT2D eigenvalue weighted by Gasteiger charge is -2.13. The first-order valence-electron chi connectivity index (χ1n) is 8.33. The highest BCUT2D eigenvalue weighted by atomic mass is 35.5. The van der Waals surface area contributed by atoms with Crippen molar-refractivity contribution in [2.75, 3.05) is 7.11 Å². The minimum Gasteiger partial charge on any atom is -1.00 e. The fourth-order valence-electron chi connectivity index (χ4n) is 2.65. The van der Waals surface area contributed by atoms with Gasteiger partial charge in [-0.25, -0.2) is 0 Å². The molecule has 1 aromatic heterocycles.